The molecule has 0 spiro atoms. The van der Waals surface area contributed by atoms with Crippen LogP contribution in [0.4, 0.5) is 0 Å². The number of benzene rings is 1. The smallest absolute Gasteiger partial charge is 0.188 e. The summed E-state index contributed by atoms with van der Waals surface area (Å²) in [5, 5.41) is 13.2. The number of hydrogen-bond acceptors (Lipinski definition) is 3. The number of aliphatic hydroxyl groups excluding tert-OH is 1. The lowest BCUT2D eigenvalue weighted by Gasteiger charge is -2.30. The van der Waals surface area contributed by atoms with E-state index in [0.717, 1.165) is 38.9 Å². The number of hydrogen-bond donors (Lipinski definition) is 3. The first-order valence-corrected chi connectivity index (χ1v) is 8.20. The molecular formula is C17H29IN4O. The number of nitrogens with two attached hydrogens (primary N) is 1. The predicted octanol–water partition coefficient (Wildman–Crippen LogP) is 1.73. The molecular weight excluding hydrogens is 403 g/mol. The van der Waals surface area contributed by atoms with Crippen LogP contribution in [0.25, 0.3) is 0 Å². The van der Waals surface area contributed by atoms with Crippen molar-refractivity contribution in [2.45, 2.75) is 38.8 Å². The fourth-order valence-electron chi connectivity index (χ4n) is 2.72. The molecule has 0 aromatic heterocycles. The second-order valence-corrected chi connectivity index (χ2v) is 5.91. The molecule has 0 fully saturated rings. The summed E-state index contributed by atoms with van der Waals surface area (Å²) in [5.41, 5.74) is 8.57. The van der Waals surface area contributed by atoms with Crippen molar-refractivity contribution in [1.29, 1.82) is 0 Å². The molecule has 0 aliphatic carbocycles. The van der Waals surface area contributed by atoms with E-state index in [-0.39, 0.29) is 24.0 Å². The summed E-state index contributed by atoms with van der Waals surface area (Å²) >= 11 is 0. The summed E-state index contributed by atoms with van der Waals surface area (Å²) in [6, 6.07) is 8.52. The molecule has 5 nitrogen and oxygen atoms in total. The van der Waals surface area contributed by atoms with Crippen molar-refractivity contribution in [2.75, 3.05) is 26.2 Å². The first-order chi connectivity index (χ1) is 10.7. The average Bonchev–Trinajstić information content (AvgIpc) is 2.53. The lowest BCUT2D eigenvalue weighted by atomic mass is 10.00. The van der Waals surface area contributed by atoms with E-state index in [2.05, 4.69) is 46.4 Å². The van der Waals surface area contributed by atoms with Crippen LogP contribution in [0.5, 0.6) is 0 Å². The molecule has 0 bridgehead atoms. The van der Waals surface area contributed by atoms with E-state index in [9.17, 15) is 5.11 Å². The lowest BCUT2D eigenvalue weighted by molar-refractivity contribution is 0.112. The summed E-state index contributed by atoms with van der Waals surface area (Å²) in [5.74, 6) is 0.427. The van der Waals surface area contributed by atoms with Crippen LogP contribution in [0.2, 0.25) is 0 Å². The van der Waals surface area contributed by atoms with Crippen molar-refractivity contribution < 1.29 is 5.11 Å². The van der Waals surface area contributed by atoms with Gasteiger partial charge in [-0.2, -0.15) is 0 Å². The Labute approximate surface area is 156 Å². The predicted molar refractivity (Wildman–Crippen MR) is 106 cm³/mol. The maximum atomic E-state index is 10.1. The summed E-state index contributed by atoms with van der Waals surface area (Å²) in [6.07, 6.45) is 2.77. The summed E-state index contributed by atoms with van der Waals surface area (Å²) < 4.78 is 0. The molecule has 2 rings (SSSR count). The van der Waals surface area contributed by atoms with Gasteiger partial charge in [-0.15, -0.1) is 24.0 Å². The standard InChI is InChI=1S/C17H28N4O.HI/c1-2-3-9-19-17(18)20-11-16(22)13-21-10-8-14-6-4-5-7-15(14)12-21;/h4-7,16,22H,2-3,8-13H2,1H3,(H3,18,19,20);1H. The van der Waals surface area contributed by atoms with Crippen molar-refractivity contribution in [3.05, 3.63) is 35.4 Å². The van der Waals surface area contributed by atoms with Crippen molar-refractivity contribution in [3.63, 3.8) is 0 Å². The highest BCUT2D eigenvalue weighted by Crippen LogP contribution is 2.18. The van der Waals surface area contributed by atoms with Crippen LogP contribution in [0.15, 0.2) is 29.3 Å². The maximum absolute atomic E-state index is 10.1. The zero-order chi connectivity index (χ0) is 15.8. The molecule has 4 N–H and O–H groups in total. The van der Waals surface area contributed by atoms with Crippen molar-refractivity contribution in [1.82, 2.24) is 10.2 Å². The highest BCUT2D eigenvalue weighted by molar-refractivity contribution is 14.0. The van der Waals surface area contributed by atoms with Crippen LogP contribution < -0.4 is 11.1 Å². The second-order valence-electron chi connectivity index (χ2n) is 5.91. The Bertz CT molecular complexity index is 495. The normalized spacial score (nSPS) is 16.3. The Hall–Kier alpha value is -0.860. The largest absolute Gasteiger partial charge is 0.390 e. The second kappa shape index (κ2) is 10.8. The number of guanidine groups is 1. The lowest BCUT2D eigenvalue weighted by Crippen LogP contribution is -2.39. The molecule has 1 aliphatic heterocycles. The van der Waals surface area contributed by atoms with Gasteiger partial charge in [-0.25, -0.2) is 0 Å². The molecule has 130 valence electrons. The van der Waals surface area contributed by atoms with Crippen LogP contribution in [0.3, 0.4) is 0 Å². The van der Waals surface area contributed by atoms with Gasteiger partial charge < -0.3 is 16.2 Å². The molecule has 1 unspecified atom stereocenters. The van der Waals surface area contributed by atoms with E-state index >= 15 is 0 Å². The zero-order valence-corrected chi connectivity index (χ0v) is 16.2. The number of β-amino-alcohol motifs (C(OH)–C–C–N with tert-alkyl or cyclic N) is 1. The van der Waals surface area contributed by atoms with Crippen molar-refractivity contribution in [2.24, 2.45) is 10.7 Å². The molecule has 0 saturated carbocycles. The SMILES string of the molecule is CCCCNC(N)=NCC(O)CN1CCc2ccccc2C1.I. The number of aliphatic hydroxyl groups is 1. The quantitative estimate of drug-likeness (QED) is 0.266. The summed E-state index contributed by atoms with van der Waals surface area (Å²) in [7, 11) is 0. The van der Waals surface area contributed by atoms with Gasteiger partial charge >= 0.3 is 0 Å². The number of aliphatic imine (C=N–C) groups is 1. The van der Waals surface area contributed by atoms with Crippen LogP contribution in [0.1, 0.15) is 30.9 Å². The molecule has 0 saturated heterocycles. The maximum Gasteiger partial charge on any atom is 0.188 e. The minimum atomic E-state index is -0.475. The molecule has 1 aromatic carbocycles. The van der Waals surface area contributed by atoms with E-state index in [1.807, 2.05) is 0 Å². The van der Waals surface area contributed by atoms with E-state index in [1.165, 1.54) is 11.1 Å². The van der Waals surface area contributed by atoms with Gasteiger partial charge in [-0.3, -0.25) is 9.89 Å². The Morgan fingerprint density at radius 1 is 1.39 bits per heavy atom. The van der Waals surface area contributed by atoms with Crippen LogP contribution in [-0.2, 0) is 13.0 Å². The molecule has 1 heterocycles. The number of unbranched alkanes of at least 4 members (excludes halogenated alkanes) is 1. The van der Waals surface area contributed by atoms with Gasteiger partial charge in [0.25, 0.3) is 0 Å². The molecule has 6 heteroatoms. The van der Waals surface area contributed by atoms with E-state index < -0.39 is 6.10 Å². The minimum Gasteiger partial charge on any atom is -0.390 e. The topological polar surface area (TPSA) is 73.9 Å². The fourth-order valence-corrected chi connectivity index (χ4v) is 2.72. The Morgan fingerprint density at radius 3 is 2.87 bits per heavy atom. The average molecular weight is 432 g/mol. The molecule has 0 amide bonds. The number of halogens is 1. The minimum absolute atomic E-state index is 0. The highest BCUT2D eigenvalue weighted by Gasteiger charge is 2.18. The third-order valence-electron chi connectivity index (χ3n) is 3.99. The molecule has 1 aromatic rings. The van der Waals surface area contributed by atoms with Crippen LogP contribution in [-0.4, -0.2) is 48.2 Å². The Morgan fingerprint density at radius 2 is 2.13 bits per heavy atom. The Balaban J connectivity index is 0.00000264. The third-order valence-corrected chi connectivity index (χ3v) is 3.99. The van der Waals surface area contributed by atoms with E-state index in [4.69, 9.17) is 5.73 Å². The molecule has 0 radical (unpaired) electrons. The van der Waals surface area contributed by atoms with Gasteiger partial charge in [-0.1, -0.05) is 37.6 Å². The van der Waals surface area contributed by atoms with Crippen LogP contribution in [0, 0.1) is 0 Å². The Kier molecular flexibility index (Phi) is 9.50. The monoisotopic (exact) mass is 432 g/mol. The van der Waals surface area contributed by atoms with Gasteiger partial charge in [0, 0.05) is 26.2 Å². The summed E-state index contributed by atoms with van der Waals surface area (Å²) in [4.78, 5) is 6.49. The fraction of sp³-hybridized carbons (Fsp3) is 0.588. The van der Waals surface area contributed by atoms with Crippen LogP contribution >= 0.6 is 24.0 Å². The van der Waals surface area contributed by atoms with Gasteiger partial charge in [0.2, 0.25) is 0 Å². The third kappa shape index (κ3) is 7.05. The molecule has 1 atom stereocenters. The number of rotatable bonds is 7. The van der Waals surface area contributed by atoms with Crippen molar-refractivity contribution >= 4 is 29.9 Å². The number of nitrogens with zero attached hydrogens (tertiary/aromatic N) is 2. The van der Waals surface area contributed by atoms with E-state index in [0.29, 0.717) is 19.0 Å². The summed E-state index contributed by atoms with van der Waals surface area (Å²) in [6.45, 7) is 5.85. The first-order valence-electron chi connectivity index (χ1n) is 8.20. The number of fused-ring (bicyclic) bond motifs is 1. The molecule has 23 heavy (non-hydrogen) atoms. The van der Waals surface area contributed by atoms with Gasteiger partial charge in [0.05, 0.1) is 12.6 Å². The zero-order valence-electron chi connectivity index (χ0n) is 13.9. The van der Waals surface area contributed by atoms with E-state index in [1.54, 1.807) is 0 Å². The number of nitrogens with one attached hydrogen (secondary N) is 1. The highest BCUT2D eigenvalue weighted by atomic mass is 127. The first kappa shape index (κ1) is 20.2. The van der Waals surface area contributed by atoms with Gasteiger partial charge in [-0.05, 0) is 24.0 Å². The van der Waals surface area contributed by atoms with Gasteiger partial charge in [0.15, 0.2) is 5.96 Å². The molecule has 1 aliphatic rings. The van der Waals surface area contributed by atoms with Gasteiger partial charge in [0.1, 0.15) is 0 Å². The van der Waals surface area contributed by atoms with Crippen molar-refractivity contribution in [3.8, 4) is 0 Å².